The van der Waals surface area contributed by atoms with Gasteiger partial charge in [-0.25, -0.2) is 0 Å². The molecule has 11 aromatic rings. The SMILES string of the molecule is C=C1/C=C(N(c2ccccc2)c2ccccc2)\C=C/CC2(c3cccc(N(c4ccccc4)c4ccccc4)c31)c1cccc(N(c3ccccc3)c3ccccc3)c1-c1c(N(c3ccccc3)c3ccccc3)cccc12. The van der Waals surface area contributed by atoms with E-state index in [1.165, 1.54) is 27.8 Å². The zero-order chi connectivity index (χ0) is 52.3. The highest BCUT2D eigenvalue weighted by molar-refractivity contribution is 6.04. The lowest BCUT2D eigenvalue weighted by atomic mass is 9.67. The van der Waals surface area contributed by atoms with Gasteiger partial charge in [-0.2, -0.15) is 0 Å². The molecule has 0 saturated heterocycles. The van der Waals surface area contributed by atoms with E-state index in [9.17, 15) is 0 Å². The van der Waals surface area contributed by atoms with Crippen molar-refractivity contribution in [3.63, 3.8) is 0 Å². The van der Waals surface area contributed by atoms with Crippen LogP contribution >= 0.6 is 0 Å². The highest BCUT2D eigenvalue weighted by Crippen LogP contribution is 2.63. The quantitative estimate of drug-likeness (QED) is 0.121. The summed E-state index contributed by atoms with van der Waals surface area (Å²) in [5, 5.41) is 0. The van der Waals surface area contributed by atoms with E-state index in [-0.39, 0.29) is 0 Å². The maximum atomic E-state index is 5.19. The number of hydrogen-bond acceptors (Lipinski definition) is 4. The van der Waals surface area contributed by atoms with E-state index in [1.54, 1.807) is 0 Å². The van der Waals surface area contributed by atoms with Crippen LogP contribution < -0.4 is 19.6 Å². The van der Waals surface area contributed by atoms with Gasteiger partial charge in [-0.05, 0) is 156 Å². The summed E-state index contributed by atoms with van der Waals surface area (Å²) in [4.78, 5) is 9.65. The molecule has 11 aromatic carbocycles. The number of anilines is 11. The molecule has 13 rings (SSSR count). The minimum atomic E-state index is -0.772. The first-order chi connectivity index (χ1) is 38.7. The van der Waals surface area contributed by atoms with Crippen molar-refractivity contribution < 1.29 is 0 Å². The predicted molar refractivity (Wildman–Crippen MR) is 328 cm³/mol. The van der Waals surface area contributed by atoms with Crippen molar-refractivity contribution in [2.45, 2.75) is 11.8 Å². The lowest BCUT2D eigenvalue weighted by Gasteiger charge is -2.37. The summed E-state index contributed by atoms with van der Waals surface area (Å²) in [5.41, 5.74) is 19.8. The Kier molecular flexibility index (Phi) is 12.7. The molecular weight excluding hydrogens is 945 g/mol. The molecule has 0 radical (unpaired) electrons. The molecule has 0 aliphatic heterocycles. The minimum Gasteiger partial charge on any atom is -0.310 e. The van der Waals surface area contributed by atoms with Crippen LogP contribution in [0.25, 0.3) is 16.7 Å². The Labute approximate surface area is 458 Å². The van der Waals surface area contributed by atoms with Crippen LogP contribution in [-0.2, 0) is 5.41 Å². The molecule has 78 heavy (non-hydrogen) atoms. The fraction of sp³-hybridized carbons (Fsp3) is 0.0270. The third-order valence-corrected chi connectivity index (χ3v) is 15.2. The monoisotopic (exact) mass is 1000 g/mol. The third-order valence-electron chi connectivity index (χ3n) is 15.2. The zero-order valence-corrected chi connectivity index (χ0v) is 43.2. The van der Waals surface area contributed by atoms with Crippen molar-refractivity contribution >= 4 is 68.1 Å². The van der Waals surface area contributed by atoms with Gasteiger partial charge < -0.3 is 19.6 Å². The van der Waals surface area contributed by atoms with Crippen LogP contribution in [0.4, 0.5) is 62.6 Å². The van der Waals surface area contributed by atoms with Gasteiger partial charge in [-0.3, -0.25) is 0 Å². The number of para-hydroxylation sites is 8. The van der Waals surface area contributed by atoms with Gasteiger partial charge in [0, 0.05) is 67.9 Å². The van der Waals surface area contributed by atoms with Gasteiger partial charge >= 0.3 is 0 Å². The Morgan fingerprint density at radius 3 is 0.821 bits per heavy atom. The first kappa shape index (κ1) is 47.5. The fourth-order valence-corrected chi connectivity index (χ4v) is 12.0. The van der Waals surface area contributed by atoms with Crippen LogP contribution in [-0.4, -0.2) is 0 Å². The Balaban J connectivity index is 1.17. The molecule has 0 bridgehead atoms. The van der Waals surface area contributed by atoms with Gasteiger partial charge in [0.05, 0.1) is 22.5 Å². The van der Waals surface area contributed by atoms with E-state index in [0.717, 1.165) is 79.4 Å². The second-order valence-corrected chi connectivity index (χ2v) is 19.7. The molecule has 0 unspecified atom stereocenters. The Bertz CT molecular complexity index is 3650. The Morgan fingerprint density at radius 2 is 0.526 bits per heavy atom. The molecular formula is C74H56N4. The first-order valence-electron chi connectivity index (χ1n) is 26.8. The summed E-state index contributed by atoms with van der Waals surface area (Å²) in [6.07, 6.45) is 7.68. The molecule has 0 saturated carbocycles. The van der Waals surface area contributed by atoms with Crippen molar-refractivity contribution in [1.29, 1.82) is 0 Å². The van der Waals surface area contributed by atoms with Crippen molar-refractivity contribution in [1.82, 2.24) is 0 Å². The second-order valence-electron chi connectivity index (χ2n) is 19.7. The highest BCUT2D eigenvalue weighted by Gasteiger charge is 2.49. The summed E-state index contributed by atoms with van der Waals surface area (Å²) in [6, 6.07) is 107. The molecule has 0 amide bonds. The van der Waals surface area contributed by atoms with Crippen LogP contribution in [0.1, 0.15) is 28.7 Å². The summed E-state index contributed by atoms with van der Waals surface area (Å²) in [5.74, 6) is 0. The zero-order valence-electron chi connectivity index (χ0n) is 43.2. The van der Waals surface area contributed by atoms with Gasteiger partial charge in [-0.15, -0.1) is 0 Å². The Morgan fingerprint density at radius 1 is 0.269 bits per heavy atom. The maximum absolute atomic E-state index is 5.19. The van der Waals surface area contributed by atoms with Gasteiger partial charge in [0.25, 0.3) is 0 Å². The van der Waals surface area contributed by atoms with Crippen molar-refractivity contribution in [3.05, 3.63) is 350 Å². The third kappa shape index (κ3) is 8.46. The molecule has 372 valence electrons. The van der Waals surface area contributed by atoms with E-state index < -0.39 is 5.41 Å². The van der Waals surface area contributed by atoms with Gasteiger partial charge in [0.15, 0.2) is 0 Å². The normalized spacial score (nSPS) is 14.1. The van der Waals surface area contributed by atoms with Crippen molar-refractivity contribution in [2.24, 2.45) is 0 Å². The molecule has 1 spiro atoms. The molecule has 2 aliphatic carbocycles. The van der Waals surface area contributed by atoms with E-state index in [1.807, 2.05) is 0 Å². The van der Waals surface area contributed by atoms with Crippen LogP contribution in [0.2, 0.25) is 0 Å². The van der Waals surface area contributed by atoms with Gasteiger partial charge in [0.2, 0.25) is 0 Å². The summed E-state index contributed by atoms with van der Waals surface area (Å²) < 4.78 is 0. The molecule has 4 heteroatoms. The second kappa shape index (κ2) is 20.9. The molecule has 4 nitrogen and oxygen atoms in total. The highest BCUT2D eigenvalue weighted by atomic mass is 15.2. The summed E-state index contributed by atoms with van der Waals surface area (Å²) >= 11 is 0. The molecule has 0 atom stereocenters. The van der Waals surface area contributed by atoms with Gasteiger partial charge in [0.1, 0.15) is 0 Å². The number of allylic oxidation sites excluding steroid dienone is 4. The summed E-state index contributed by atoms with van der Waals surface area (Å²) in [7, 11) is 0. The van der Waals surface area contributed by atoms with Crippen LogP contribution in [0.5, 0.6) is 0 Å². The Hall–Kier alpha value is -10.2. The first-order valence-corrected chi connectivity index (χ1v) is 26.8. The smallest absolute Gasteiger partial charge is 0.0544 e. The average Bonchev–Trinajstić information content (AvgIpc) is 4.09. The van der Waals surface area contributed by atoms with E-state index >= 15 is 0 Å². The largest absolute Gasteiger partial charge is 0.310 e. The minimum absolute atomic E-state index is 0.627. The standard InChI is InChI=1S/C74H56N4/c1-55-54-64(75(56-30-10-2-11-31-56)57-32-12-3-13-33-57)46-29-53-74(65-47-26-50-68(71(55)65)76(58-34-14-4-15-35-58)59-36-16-5-17-37-59)66-48-27-51-69(77(60-38-18-6-19-39-60)61-40-20-7-21-41-61)72(66)73-67(74)49-28-52-70(73)78(62-42-22-8-23-43-62)63-44-24-9-25-45-63/h2-52,54H,1,53H2/b46-29-,64-54+. The van der Waals surface area contributed by atoms with E-state index in [2.05, 4.69) is 335 Å². The van der Waals surface area contributed by atoms with Crippen LogP contribution in [0, 0.1) is 0 Å². The number of rotatable bonds is 12. The molecule has 0 N–H and O–H groups in total. The molecule has 0 aromatic heterocycles. The predicted octanol–water partition coefficient (Wildman–Crippen LogP) is 20.1. The number of benzene rings is 11. The number of fused-ring (bicyclic) bond motifs is 7. The van der Waals surface area contributed by atoms with Crippen LogP contribution in [0.3, 0.4) is 0 Å². The van der Waals surface area contributed by atoms with Crippen molar-refractivity contribution in [2.75, 3.05) is 19.6 Å². The average molecular weight is 1000 g/mol. The van der Waals surface area contributed by atoms with E-state index in [4.69, 9.17) is 6.58 Å². The van der Waals surface area contributed by atoms with Crippen LogP contribution in [0.15, 0.2) is 328 Å². The topological polar surface area (TPSA) is 13.0 Å². The molecule has 2 aliphatic rings. The van der Waals surface area contributed by atoms with E-state index in [0.29, 0.717) is 6.42 Å². The summed E-state index contributed by atoms with van der Waals surface area (Å²) in [6.45, 7) is 5.19. The lowest BCUT2D eigenvalue weighted by molar-refractivity contribution is 0.643. The fourth-order valence-electron chi connectivity index (χ4n) is 12.0. The van der Waals surface area contributed by atoms with Crippen molar-refractivity contribution in [3.8, 4) is 11.1 Å². The van der Waals surface area contributed by atoms with Gasteiger partial charge in [-0.1, -0.05) is 195 Å². The number of hydrogen-bond donors (Lipinski definition) is 0. The lowest BCUT2D eigenvalue weighted by Crippen LogP contribution is -2.29. The maximum Gasteiger partial charge on any atom is 0.0544 e. The molecule has 0 fully saturated rings. The number of nitrogens with zero attached hydrogens (tertiary/aromatic N) is 4. The molecule has 0 heterocycles.